The summed E-state index contributed by atoms with van der Waals surface area (Å²) in [4.78, 5) is 21.4. The topological polar surface area (TPSA) is 54.4 Å². The highest BCUT2D eigenvalue weighted by Crippen LogP contribution is 2.24. The quantitative estimate of drug-likeness (QED) is 0.708. The second kappa shape index (κ2) is 5.78. The van der Waals surface area contributed by atoms with Crippen LogP contribution >= 0.6 is 0 Å². The minimum atomic E-state index is -1.27. The molecule has 1 aliphatic rings. The van der Waals surface area contributed by atoms with Crippen LogP contribution in [-0.2, 0) is 9.59 Å². The predicted molar refractivity (Wildman–Crippen MR) is 53.1 cm³/mol. The summed E-state index contributed by atoms with van der Waals surface area (Å²) in [5.74, 6) is -1.57. The molecule has 0 aromatic heterocycles. The van der Waals surface area contributed by atoms with Crippen molar-refractivity contribution in [3.05, 3.63) is 0 Å². The number of carbonyl (C=O) groups is 2. The first-order valence-corrected chi connectivity index (χ1v) is 5.46. The van der Waals surface area contributed by atoms with Crippen LogP contribution in [0, 0.1) is 5.92 Å². The van der Waals surface area contributed by atoms with Gasteiger partial charge in [-0.1, -0.05) is 44.9 Å². The summed E-state index contributed by atoms with van der Waals surface area (Å²) in [6.45, 7) is 0. The fourth-order valence-corrected chi connectivity index (χ4v) is 2.09. The third-order valence-electron chi connectivity index (χ3n) is 2.94. The van der Waals surface area contributed by atoms with Gasteiger partial charge in [-0.15, -0.1) is 0 Å². The zero-order valence-electron chi connectivity index (χ0n) is 8.50. The van der Waals surface area contributed by atoms with E-state index in [-0.39, 0.29) is 6.42 Å². The van der Waals surface area contributed by atoms with E-state index in [2.05, 4.69) is 0 Å². The molecule has 0 unspecified atom stereocenters. The maximum atomic E-state index is 11.0. The van der Waals surface area contributed by atoms with Gasteiger partial charge in [0.1, 0.15) is 0 Å². The summed E-state index contributed by atoms with van der Waals surface area (Å²) >= 11 is 0. The van der Waals surface area contributed by atoms with Crippen molar-refractivity contribution in [2.24, 2.45) is 5.92 Å². The van der Waals surface area contributed by atoms with Gasteiger partial charge >= 0.3 is 5.97 Å². The molecule has 1 saturated carbocycles. The molecule has 0 spiro atoms. The predicted octanol–water partition coefficient (Wildman–Crippen LogP) is 2.39. The van der Waals surface area contributed by atoms with E-state index in [1.54, 1.807) is 0 Å². The van der Waals surface area contributed by atoms with Crippen LogP contribution in [0.5, 0.6) is 0 Å². The van der Waals surface area contributed by atoms with Crippen molar-refractivity contribution >= 4 is 11.8 Å². The fraction of sp³-hybridized carbons (Fsp3) is 0.818. The van der Waals surface area contributed by atoms with E-state index < -0.39 is 11.8 Å². The van der Waals surface area contributed by atoms with Crippen LogP contribution in [0.3, 0.4) is 0 Å². The number of carboxylic acid groups (broad SMARTS) is 1. The van der Waals surface area contributed by atoms with Gasteiger partial charge in [-0.25, -0.2) is 4.79 Å². The van der Waals surface area contributed by atoms with Gasteiger partial charge in [0.2, 0.25) is 5.78 Å². The number of ketones is 1. The smallest absolute Gasteiger partial charge is 0.372 e. The third kappa shape index (κ3) is 3.90. The molecule has 3 heteroatoms. The number of hydrogen-bond donors (Lipinski definition) is 1. The van der Waals surface area contributed by atoms with Gasteiger partial charge in [0.05, 0.1) is 0 Å². The highest BCUT2D eigenvalue weighted by Gasteiger charge is 2.19. The largest absolute Gasteiger partial charge is 0.476 e. The highest BCUT2D eigenvalue weighted by molar-refractivity contribution is 6.32. The molecule has 0 amide bonds. The van der Waals surface area contributed by atoms with E-state index in [1.165, 1.54) is 19.3 Å². The molecule has 0 aliphatic heterocycles. The lowest BCUT2D eigenvalue weighted by atomic mass is 9.88. The first-order chi connectivity index (χ1) is 6.70. The lowest BCUT2D eigenvalue weighted by molar-refractivity contribution is -0.149. The van der Waals surface area contributed by atoms with E-state index in [1.807, 2.05) is 0 Å². The molecule has 0 aromatic rings. The van der Waals surface area contributed by atoms with Gasteiger partial charge in [-0.2, -0.15) is 0 Å². The average Bonchev–Trinajstić information content (AvgIpc) is 2.08. The van der Waals surface area contributed by atoms with Crippen molar-refractivity contribution in [1.29, 1.82) is 0 Å². The molecule has 1 fully saturated rings. The van der Waals surface area contributed by atoms with Crippen LogP contribution in [0.25, 0.3) is 0 Å². The number of rotatable bonds is 3. The standard InChI is InChI=1S/C11H18O3/c12-10(11(13)14)8-9-6-4-2-1-3-5-7-9/h9H,1-8H2,(H,13,14). The van der Waals surface area contributed by atoms with Crippen LogP contribution in [0.2, 0.25) is 0 Å². The molecule has 3 nitrogen and oxygen atoms in total. The zero-order chi connectivity index (χ0) is 10.4. The Balaban J connectivity index is 2.33. The minimum absolute atomic E-state index is 0.245. The third-order valence-corrected chi connectivity index (χ3v) is 2.94. The Hall–Kier alpha value is -0.860. The molecule has 0 radical (unpaired) electrons. The Morgan fingerprint density at radius 1 is 1.00 bits per heavy atom. The first kappa shape index (κ1) is 11.2. The van der Waals surface area contributed by atoms with Crippen LogP contribution in [0.4, 0.5) is 0 Å². The Morgan fingerprint density at radius 3 is 2.00 bits per heavy atom. The lowest BCUT2D eigenvalue weighted by Gasteiger charge is -2.17. The molecule has 14 heavy (non-hydrogen) atoms. The van der Waals surface area contributed by atoms with Crippen molar-refractivity contribution in [1.82, 2.24) is 0 Å². The van der Waals surface area contributed by atoms with Crippen molar-refractivity contribution in [2.45, 2.75) is 51.4 Å². The van der Waals surface area contributed by atoms with E-state index >= 15 is 0 Å². The average molecular weight is 198 g/mol. The van der Waals surface area contributed by atoms with Crippen molar-refractivity contribution in [2.75, 3.05) is 0 Å². The second-order valence-corrected chi connectivity index (χ2v) is 4.14. The Bertz CT molecular complexity index is 203. The number of Topliss-reactive ketones (excluding diaryl/α,β-unsaturated/α-hetero) is 1. The van der Waals surface area contributed by atoms with Crippen LogP contribution < -0.4 is 0 Å². The summed E-state index contributed by atoms with van der Waals surface area (Å²) < 4.78 is 0. The molecular weight excluding hydrogens is 180 g/mol. The number of carbonyl (C=O) groups excluding carboxylic acids is 1. The molecule has 0 saturated heterocycles. The maximum absolute atomic E-state index is 11.0. The minimum Gasteiger partial charge on any atom is -0.476 e. The van der Waals surface area contributed by atoms with E-state index in [4.69, 9.17) is 5.11 Å². The number of carboxylic acids is 1. The molecule has 0 aromatic carbocycles. The molecule has 0 heterocycles. The van der Waals surface area contributed by atoms with Crippen LogP contribution in [0.15, 0.2) is 0 Å². The van der Waals surface area contributed by atoms with E-state index in [9.17, 15) is 9.59 Å². The molecule has 0 atom stereocenters. The number of hydrogen-bond acceptors (Lipinski definition) is 2. The molecule has 1 aliphatic carbocycles. The van der Waals surface area contributed by atoms with Gasteiger partial charge in [-0.05, 0) is 5.92 Å². The second-order valence-electron chi connectivity index (χ2n) is 4.14. The van der Waals surface area contributed by atoms with Crippen molar-refractivity contribution in [3.63, 3.8) is 0 Å². The Kier molecular flexibility index (Phi) is 4.63. The van der Waals surface area contributed by atoms with Gasteiger partial charge in [0.15, 0.2) is 0 Å². The zero-order valence-corrected chi connectivity index (χ0v) is 8.50. The summed E-state index contributed by atoms with van der Waals surface area (Å²) in [7, 11) is 0. The number of aliphatic carboxylic acids is 1. The Labute approximate surface area is 84.5 Å². The summed E-state index contributed by atoms with van der Waals surface area (Å²) in [6, 6.07) is 0. The monoisotopic (exact) mass is 198 g/mol. The van der Waals surface area contributed by atoms with E-state index in [0.29, 0.717) is 5.92 Å². The molecule has 1 rings (SSSR count). The van der Waals surface area contributed by atoms with Gasteiger partial charge in [0, 0.05) is 6.42 Å². The fourth-order valence-electron chi connectivity index (χ4n) is 2.09. The van der Waals surface area contributed by atoms with Gasteiger partial charge in [-0.3, -0.25) is 4.79 Å². The SMILES string of the molecule is O=C(O)C(=O)CC1CCCCCCC1. The van der Waals surface area contributed by atoms with Crippen LogP contribution in [-0.4, -0.2) is 16.9 Å². The summed E-state index contributed by atoms with van der Waals surface area (Å²) in [6.07, 6.45) is 8.36. The molecular formula is C11H18O3. The summed E-state index contributed by atoms with van der Waals surface area (Å²) in [5, 5.41) is 8.49. The van der Waals surface area contributed by atoms with Crippen LogP contribution in [0.1, 0.15) is 51.4 Å². The normalized spacial score (nSPS) is 19.7. The Morgan fingerprint density at radius 2 is 1.50 bits per heavy atom. The summed E-state index contributed by atoms with van der Waals surface area (Å²) in [5.41, 5.74) is 0. The van der Waals surface area contributed by atoms with Gasteiger partial charge in [0.25, 0.3) is 0 Å². The van der Waals surface area contributed by atoms with Crippen molar-refractivity contribution in [3.8, 4) is 0 Å². The molecule has 0 bridgehead atoms. The molecule has 80 valence electrons. The maximum Gasteiger partial charge on any atom is 0.372 e. The lowest BCUT2D eigenvalue weighted by Crippen LogP contribution is -2.17. The van der Waals surface area contributed by atoms with E-state index in [0.717, 1.165) is 25.7 Å². The van der Waals surface area contributed by atoms with Gasteiger partial charge < -0.3 is 5.11 Å². The highest BCUT2D eigenvalue weighted by atomic mass is 16.4. The van der Waals surface area contributed by atoms with Crippen molar-refractivity contribution < 1.29 is 14.7 Å². The first-order valence-electron chi connectivity index (χ1n) is 5.46. The molecule has 1 N–H and O–H groups in total.